The van der Waals surface area contributed by atoms with Crippen LogP contribution in [0.4, 0.5) is 4.39 Å². The molecule has 0 heterocycles. The first-order valence-corrected chi connectivity index (χ1v) is 6.40. The summed E-state index contributed by atoms with van der Waals surface area (Å²) in [6.45, 7) is 2.14. The number of hydrogen-bond acceptors (Lipinski definition) is 2. The van der Waals surface area contributed by atoms with Crippen molar-refractivity contribution in [2.45, 2.75) is 19.5 Å². The van der Waals surface area contributed by atoms with Crippen molar-refractivity contribution in [3.05, 3.63) is 71.0 Å². The summed E-state index contributed by atoms with van der Waals surface area (Å²) >= 11 is 0. The first-order valence-electron chi connectivity index (χ1n) is 6.40. The summed E-state index contributed by atoms with van der Waals surface area (Å²) in [5, 5.41) is 3.01. The van der Waals surface area contributed by atoms with Gasteiger partial charge in [-0.2, -0.15) is 0 Å². The molecule has 0 aliphatic rings. The van der Waals surface area contributed by atoms with Gasteiger partial charge in [-0.1, -0.05) is 48.0 Å². The molecule has 0 radical (unpaired) electrons. The number of nitrogens with two attached hydrogens (primary N) is 1. The number of carbonyl (C=O) groups excluding carboxylic acids is 1. The van der Waals surface area contributed by atoms with E-state index in [4.69, 9.17) is 5.73 Å². The molecular weight excluding hydrogens is 255 g/mol. The van der Waals surface area contributed by atoms with E-state index < -0.39 is 11.9 Å². The second-order valence-corrected chi connectivity index (χ2v) is 4.72. The van der Waals surface area contributed by atoms with Crippen LogP contribution in [0.3, 0.4) is 0 Å². The Kier molecular flexibility index (Phi) is 4.48. The number of halogens is 1. The summed E-state index contributed by atoms with van der Waals surface area (Å²) in [5.41, 5.74) is 7.67. The Morgan fingerprint density at radius 3 is 2.60 bits per heavy atom. The van der Waals surface area contributed by atoms with Crippen molar-refractivity contribution in [3.8, 4) is 0 Å². The van der Waals surface area contributed by atoms with E-state index in [0.717, 1.165) is 11.1 Å². The highest BCUT2D eigenvalue weighted by Crippen LogP contribution is 2.15. The number of aryl methyl sites for hydroxylation is 1. The third-order valence-electron chi connectivity index (χ3n) is 3.12. The van der Waals surface area contributed by atoms with Gasteiger partial charge in [0.1, 0.15) is 11.9 Å². The number of nitrogens with one attached hydrogen (secondary N) is 1. The molecule has 0 saturated heterocycles. The summed E-state index contributed by atoms with van der Waals surface area (Å²) in [4.78, 5) is 11.5. The molecule has 104 valence electrons. The molecule has 0 unspecified atom stereocenters. The molecule has 0 saturated carbocycles. The molecule has 3 nitrogen and oxygen atoms in total. The lowest BCUT2D eigenvalue weighted by molar-refractivity contribution is -0.120. The number of benzene rings is 2. The molecule has 0 bridgehead atoms. The molecule has 0 spiro atoms. The van der Waals surface area contributed by atoms with E-state index in [0.29, 0.717) is 5.56 Å². The zero-order chi connectivity index (χ0) is 14.5. The van der Waals surface area contributed by atoms with E-state index in [9.17, 15) is 9.18 Å². The molecule has 20 heavy (non-hydrogen) atoms. The van der Waals surface area contributed by atoms with Crippen molar-refractivity contribution >= 4 is 5.91 Å². The molecule has 0 aliphatic heterocycles. The standard InChI is InChI=1S/C16H17FN2O/c1-11-7-8-14(17)13(9-11)10-19-15(16(18)20)12-5-3-2-4-6-12/h2-9,15,19H,10H2,1H3,(H2,18,20)/t15-/m1/s1. The molecule has 0 fully saturated rings. The van der Waals surface area contributed by atoms with Crippen LogP contribution in [0.2, 0.25) is 0 Å². The Labute approximate surface area is 117 Å². The largest absolute Gasteiger partial charge is 0.368 e. The first kappa shape index (κ1) is 14.2. The van der Waals surface area contributed by atoms with E-state index in [1.807, 2.05) is 37.3 Å². The molecule has 2 rings (SSSR count). The monoisotopic (exact) mass is 272 g/mol. The van der Waals surface area contributed by atoms with Gasteiger partial charge < -0.3 is 5.73 Å². The van der Waals surface area contributed by atoms with E-state index in [-0.39, 0.29) is 12.4 Å². The Morgan fingerprint density at radius 1 is 1.25 bits per heavy atom. The molecular formula is C16H17FN2O. The highest BCUT2D eigenvalue weighted by atomic mass is 19.1. The summed E-state index contributed by atoms with van der Waals surface area (Å²) in [6.07, 6.45) is 0. The van der Waals surface area contributed by atoms with Crippen LogP contribution in [0.1, 0.15) is 22.7 Å². The Balaban J connectivity index is 2.14. The third kappa shape index (κ3) is 3.42. The Morgan fingerprint density at radius 2 is 1.95 bits per heavy atom. The van der Waals surface area contributed by atoms with Gasteiger partial charge in [0.15, 0.2) is 0 Å². The van der Waals surface area contributed by atoms with E-state index in [2.05, 4.69) is 5.32 Å². The van der Waals surface area contributed by atoms with Gasteiger partial charge in [0, 0.05) is 12.1 Å². The lowest BCUT2D eigenvalue weighted by atomic mass is 10.1. The number of rotatable bonds is 5. The van der Waals surface area contributed by atoms with Gasteiger partial charge in [-0.25, -0.2) is 4.39 Å². The maximum absolute atomic E-state index is 13.7. The van der Waals surface area contributed by atoms with Crippen LogP contribution in [0, 0.1) is 12.7 Å². The van der Waals surface area contributed by atoms with E-state index in [1.54, 1.807) is 12.1 Å². The Hall–Kier alpha value is -2.20. The summed E-state index contributed by atoms with van der Waals surface area (Å²) in [7, 11) is 0. The molecule has 1 atom stereocenters. The van der Waals surface area contributed by atoms with Gasteiger partial charge in [0.25, 0.3) is 0 Å². The number of carbonyl (C=O) groups is 1. The van der Waals surface area contributed by atoms with Gasteiger partial charge in [-0.05, 0) is 18.6 Å². The molecule has 0 aliphatic carbocycles. The van der Waals surface area contributed by atoms with Gasteiger partial charge in [0.2, 0.25) is 5.91 Å². The smallest absolute Gasteiger partial charge is 0.239 e. The fourth-order valence-corrected chi connectivity index (χ4v) is 2.08. The highest BCUT2D eigenvalue weighted by molar-refractivity contribution is 5.81. The van der Waals surface area contributed by atoms with Crippen molar-refractivity contribution < 1.29 is 9.18 Å². The van der Waals surface area contributed by atoms with Crippen LogP contribution in [-0.4, -0.2) is 5.91 Å². The second-order valence-electron chi connectivity index (χ2n) is 4.72. The van der Waals surface area contributed by atoms with E-state index >= 15 is 0 Å². The molecule has 2 aromatic rings. The molecule has 4 heteroatoms. The predicted molar refractivity (Wildman–Crippen MR) is 76.4 cm³/mol. The molecule has 3 N–H and O–H groups in total. The van der Waals surface area contributed by atoms with Gasteiger partial charge in [0.05, 0.1) is 0 Å². The van der Waals surface area contributed by atoms with Crippen LogP contribution in [0.25, 0.3) is 0 Å². The zero-order valence-electron chi connectivity index (χ0n) is 11.3. The van der Waals surface area contributed by atoms with Crippen LogP contribution >= 0.6 is 0 Å². The second kappa shape index (κ2) is 6.30. The molecule has 1 amide bonds. The quantitative estimate of drug-likeness (QED) is 0.878. The van der Waals surface area contributed by atoms with Gasteiger partial charge in [-0.3, -0.25) is 10.1 Å². The average Bonchev–Trinajstić information content (AvgIpc) is 2.43. The number of hydrogen-bond donors (Lipinski definition) is 2. The minimum Gasteiger partial charge on any atom is -0.368 e. The maximum atomic E-state index is 13.7. The van der Waals surface area contributed by atoms with Gasteiger partial charge >= 0.3 is 0 Å². The van der Waals surface area contributed by atoms with Crippen LogP contribution in [0.15, 0.2) is 48.5 Å². The van der Waals surface area contributed by atoms with E-state index in [1.165, 1.54) is 6.07 Å². The maximum Gasteiger partial charge on any atom is 0.239 e. The van der Waals surface area contributed by atoms with Crippen LogP contribution in [0.5, 0.6) is 0 Å². The fourth-order valence-electron chi connectivity index (χ4n) is 2.08. The molecule has 2 aromatic carbocycles. The van der Waals surface area contributed by atoms with Crippen molar-refractivity contribution in [2.24, 2.45) is 5.73 Å². The van der Waals surface area contributed by atoms with Crippen molar-refractivity contribution in [1.82, 2.24) is 5.32 Å². The highest BCUT2D eigenvalue weighted by Gasteiger charge is 2.17. The first-order chi connectivity index (χ1) is 9.58. The summed E-state index contributed by atoms with van der Waals surface area (Å²) < 4.78 is 13.7. The molecule has 0 aromatic heterocycles. The number of amides is 1. The van der Waals surface area contributed by atoms with Crippen LogP contribution in [-0.2, 0) is 11.3 Å². The summed E-state index contributed by atoms with van der Waals surface area (Å²) in [5.74, 6) is -0.774. The number of primary amides is 1. The minimum atomic E-state index is -0.629. The zero-order valence-corrected chi connectivity index (χ0v) is 11.3. The topological polar surface area (TPSA) is 55.1 Å². The normalized spacial score (nSPS) is 12.1. The van der Waals surface area contributed by atoms with Crippen molar-refractivity contribution in [3.63, 3.8) is 0 Å². The lowest BCUT2D eigenvalue weighted by Gasteiger charge is -2.16. The third-order valence-corrected chi connectivity index (χ3v) is 3.12. The lowest BCUT2D eigenvalue weighted by Crippen LogP contribution is -2.33. The van der Waals surface area contributed by atoms with Gasteiger partial charge in [-0.15, -0.1) is 0 Å². The minimum absolute atomic E-state index is 0.246. The summed E-state index contributed by atoms with van der Waals surface area (Å²) in [6, 6.07) is 13.4. The predicted octanol–water partition coefficient (Wildman–Crippen LogP) is 2.45. The van der Waals surface area contributed by atoms with Crippen molar-refractivity contribution in [1.29, 1.82) is 0 Å². The fraction of sp³-hybridized carbons (Fsp3) is 0.188. The van der Waals surface area contributed by atoms with Crippen LogP contribution < -0.4 is 11.1 Å². The van der Waals surface area contributed by atoms with Crippen molar-refractivity contribution in [2.75, 3.05) is 0 Å². The Bertz CT molecular complexity index is 599. The average molecular weight is 272 g/mol. The SMILES string of the molecule is Cc1ccc(F)c(CN[C@@H](C(N)=O)c2ccccc2)c1.